The van der Waals surface area contributed by atoms with E-state index in [0.29, 0.717) is 6.04 Å². The van der Waals surface area contributed by atoms with E-state index in [4.69, 9.17) is 11.6 Å². The zero-order valence-corrected chi connectivity index (χ0v) is 15.0. The number of anilines is 1. The van der Waals surface area contributed by atoms with E-state index in [-0.39, 0.29) is 0 Å². The monoisotopic (exact) mass is 310 g/mol. The summed E-state index contributed by atoms with van der Waals surface area (Å²) < 4.78 is 0. The molecule has 1 aromatic carbocycles. The molecule has 21 heavy (non-hydrogen) atoms. The van der Waals surface area contributed by atoms with Gasteiger partial charge in [0.2, 0.25) is 0 Å². The van der Waals surface area contributed by atoms with E-state index in [9.17, 15) is 0 Å². The molecule has 0 bridgehead atoms. The van der Waals surface area contributed by atoms with Crippen molar-refractivity contribution < 1.29 is 0 Å². The molecule has 3 heteroatoms. The molecule has 0 heterocycles. The second kappa shape index (κ2) is 9.32. The van der Waals surface area contributed by atoms with Gasteiger partial charge < -0.3 is 10.2 Å². The number of halogens is 1. The summed E-state index contributed by atoms with van der Waals surface area (Å²) >= 11 is 6.19. The molecule has 1 N–H and O–H groups in total. The highest BCUT2D eigenvalue weighted by Crippen LogP contribution is 2.26. The smallest absolute Gasteiger partial charge is 0.0412 e. The normalized spacial score (nSPS) is 11.4. The minimum absolute atomic E-state index is 0.478. The lowest BCUT2D eigenvalue weighted by Crippen LogP contribution is -2.31. The summed E-state index contributed by atoms with van der Waals surface area (Å²) in [4.78, 5) is 2.49. The Morgan fingerprint density at radius 2 is 1.81 bits per heavy atom. The average Bonchev–Trinajstić information content (AvgIpc) is 2.47. The van der Waals surface area contributed by atoms with Crippen LogP contribution in [0.5, 0.6) is 0 Å². The fourth-order valence-corrected chi connectivity index (χ4v) is 2.77. The molecule has 0 amide bonds. The van der Waals surface area contributed by atoms with Crippen molar-refractivity contribution in [1.29, 1.82) is 0 Å². The second-order valence-corrected chi connectivity index (χ2v) is 6.47. The molecule has 0 radical (unpaired) electrons. The number of hydrogen-bond acceptors (Lipinski definition) is 2. The molecule has 0 saturated heterocycles. The third-order valence-electron chi connectivity index (χ3n) is 4.10. The molecular formula is C18H31ClN2. The predicted molar refractivity (Wildman–Crippen MR) is 95.4 cm³/mol. The van der Waals surface area contributed by atoms with Gasteiger partial charge in [0.25, 0.3) is 0 Å². The molecule has 0 atom stereocenters. The molecule has 0 fully saturated rings. The van der Waals surface area contributed by atoms with Gasteiger partial charge in [-0.25, -0.2) is 0 Å². The minimum atomic E-state index is 0.478. The highest BCUT2D eigenvalue weighted by Gasteiger charge is 2.14. The average molecular weight is 311 g/mol. The van der Waals surface area contributed by atoms with Crippen LogP contribution in [0.1, 0.15) is 53.0 Å². The van der Waals surface area contributed by atoms with Crippen molar-refractivity contribution in [3.8, 4) is 0 Å². The summed E-state index contributed by atoms with van der Waals surface area (Å²) in [7, 11) is 0. The highest BCUT2D eigenvalue weighted by molar-refractivity contribution is 6.30. The topological polar surface area (TPSA) is 15.3 Å². The maximum Gasteiger partial charge on any atom is 0.0412 e. The van der Waals surface area contributed by atoms with Crippen molar-refractivity contribution in [2.24, 2.45) is 5.92 Å². The lowest BCUT2D eigenvalue weighted by atomic mass is 10.0. The zero-order valence-electron chi connectivity index (χ0n) is 14.2. The van der Waals surface area contributed by atoms with Gasteiger partial charge in [0.15, 0.2) is 0 Å². The van der Waals surface area contributed by atoms with Crippen molar-refractivity contribution >= 4 is 17.3 Å². The number of rotatable bonds is 9. The van der Waals surface area contributed by atoms with Gasteiger partial charge in [0, 0.05) is 36.4 Å². The first-order valence-corrected chi connectivity index (χ1v) is 8.66. The first kappa shape index (κ1) is 18.3. The Labute approximate surface area is 135 Å². The molecule has 1 aromatic rings. The van der Waals surface area contributed by atoms with Crippen molar-refractivity contribution in [2.75, 3.05) is 18.0 Å². The van der Waals surface area contributed by atoms with E-state index < -0.39 is 0 Å². The minimum Gasteiger partial charge on any atom is -0.371 e. The van der Waals surface area contributed by atoms with Crippen LogP contribution in [0, 0.1) is 5.92 Å². The molecule has 1 rings (SSSR count). The summed E-state index contributed by atoms with van der Waals surface area (Å²) in [6.45, 7) is 14.2. The van der Waals surface area contributed by atoms with Crippen molar-refractivity contribution in [1.82, 2.24) is 5.32 Å². The molecule has 0 spiro atoms. The molecule has 0 saturated carbocycles. The van der Waals surface area contributed by atoms with Crippen molar-refractivity contribution in [3.05, 3.63) is 28.8 Å². The molecule has 2 nitrogen and oxygen atoms in total. The Morgan fingerprint density at radius 1 is 1.14 bits per heavy atom. The lowest BCUT2D eigenvalue weighted by molar-refractivity contribution is 0.485. The van der Waals surface area contributed by atoms with Crippen LogP contribution in [0.4, 0.5) is 5.69 Å². The SMILES string of the molecule is CCC(CC)CN(CC)c1ccc(Cl)cc1CNC(C)C. The van der Waals surface area contributed by atoms with Crippen LogP contribution in [0.15, 0.2) is 18.2 Å². The highest BCUT2D eigenvalue weighted by atomic mass is 35.5. The predicted octanol–water partition coefficient (Wildman–Crippen LogP) is 5.10. The van der Waals surface area contributed by atoms with Crippen LogP contribution in [-0.2, 0) is 6.54 Å². The second-order valence-electron chi connectivity index (χ2n) is 6.03. The summed E-state index contributed by atoms with van der Waals surface area (Å²) in [5.41, 5.74) is 2.62. The van der Waals surface area contributed by atoms with Gasteiger partial charge >= 0.3 is 0 Å². The van der Waals surface area contributed by atoms with Gasteiger partial charge in [-0.2, -0.15) is 0 Å². The summed E-state index contributed by atoms with van der Waals surface area (Å²) in [6.07, 6.45) is 2.47. The van der Waals surface area contributed by atoms with Crippen LogP contribution in [0.25, 0.3) is 0 Å². The molecule has 0 aromatic heterocycles. The Balaban J connectivity index is 2.96. The van der Waals surface area contributed by atoms with E-state index in [1.54, 1.807) is 0 Å². The largest absolute Gasteiger partial charge is 0.371 e. The first-order valence-electron chi connectivity index (χ1n) is 8.28. The Hall–Kier alpha value is -0.730. The van der Waals surface area contributed by atoms with Crippen LogP contribution in [0.2, 0.25) is 5.02 Å². The molecular weight excluding hydrogens is 280 g/mol. The fourth-order valence-electron chi connectivity index (χ4n) is 2.57. The number of nitrogens with zero attached hydrogens (tertiary/aromatic N) is 1. The molecule has 0 aliphatic rings. The Kier molecular flexibility index (Phi) is 8.13. The fraction of sp³-hybridized carbons (Fsp3) is 0.667. The van der Waals surface area contributed by atoms with Crippen molar-refractivity contribution in [3.63, 3.8) is 0 Å². The molecule has 0 aliphatic heterocycles. The van der Waals surface area contributed by atoms with E-state index in [1.165, 1.54) is 24.1 Å². The van der Waals surface area contributed by atoms with E-state index in [2.05, 4.69) is 57.0 Å². The van der Waals surface area contributed by atoms with E-state index in [1.807, 2.05) is 6.07 Å². The number of hydrogen-bond donors (Lipinski definition) is 1. The Bertz CT molecular complexity index is 414. The van der Waals surface area contributed by atoms with E-state index in [0.717, 1.165) is 30.6 Å². The number of benzene rings is 1. The van der Waals surface area contributed by atoms with E-state index >= 15 is 0 Å². The van der Waals surface area contributed by atoms with Crippen LogP contribution >= 0.6 is 11.6 Å². The Morgan fingerprint density at radius 3 is 2.33 bits per heavy atom. The standard InChI is InChI=1S/C18H31ClN2/c1-6-15(7-2)13-21(8-3)18-10-9-17(19)11-16(18)12-20-14(4)5/h9-11,14-15,20H,6-8,12-13H2,1-5H3. The quantitative estimate of drug-likeness (QED) is 0.682. The zero-order chi connectivity index (χ0) is 15.8. The van der Waals surface area contributed by atoms with Gasteiger partial charge in [-0.05, 0) is 36.6 Å². The third kappa shape index (κ3) is 5.88. The van der Waals surface area contributed by atoms with Gasteiger partial charge in [0.1, 0.15) is 0 Å². The van der Waals surface area contributed by atoms with Crippen LogP contribution in [0.3, 0.4) is 0 Å². The van der Waals surface area contributed by atoms with Crippen molar-refractivity contribution in [2.45, 2.75) is 60.0 Å². The van der Waals surface area contributed by atoms with Gasteiger partial charge in [-0.3, -0.25) is 0 Å². The summed E-state index contributed by atoms with van der Waals surface area (Å²) in [6, 6.07) is 6.75. The van der Waals surface area contributed by atoms with Crippen LogP contribution < -0.4 is 10.2 Å². The van der Waals surface area contributed by atoms with Crippen LogP contribution in [-0.4, -0.2) is 19.1 Å². The third-order valence-corrected chi connectivity index (χ3v) is 4.33. The molecule has 0 unspecified atom stereocenters. The molecule has 0 aliphatic carbocycles. The van der Waals surface area contributed by atoms with Gasteiger partial charge in [-0.15, -0.1) is 0 Å². The summed E-state index contributed by atoms with van der Waals surface area (Å²) in [5.74, 6) is 0.756. The summed E-state index contributed by atoms with van der Waals surface area (Å²) in [5, 5.41) is 4.32. The molecule has 120 valence electrons. The van der Waals surface area contributed by atoms with Gasteiger partial charge in [-0.1, -0.05) is 52.1 Å². The lowest BCUT2D eigenvalue weighted by Gasteiger charge is -2.30. The first-order chi connectivity index (χ1) is 10.0. The number of nitrogens with one attached hydrogen (secondary N) is 1. The van der Waals surface area contributed by atoms with Gasteiger partial charge in [0.05, 0.1) is 0 Å². The maximum absolute atomic E-state index is 6.19. The maximum atomic E-state index is 6.19.